The molecule has 1 fully saturated rings. The molecule has 1 unspecified atom stereocenters. The van der Waals surface area contributed by atoms with Crippen LogP contribution < -0.4 is 11.2 Å². The van der Waals surface area contributed by atoms with Crippen LogP contribution in [0.25, 0.3) is 0 Å². The molecule has 0 aliphatic carbocycles. The lowest BCUT2D eigenvalue weighted by Crippen LogP contribution is -2.42. The summed E-state index contributed by atoms with van der Waals surface area (Å²) in [6, 6.07) is 19.6. The van der Waals surface area contributed by atoms with E-state index in [2.05, 4.69) is 4.98 Å². The number of nitro benzene ring substituents is 1. The van der Waals surface area contributed by atoms with E-state index in [1.54, 1.807) is 42.1 Å². The van der Waals surface area contributed by atoms with Crippen molar-refractivity contribution in [2.75, 3.05) is 6.61 Å². The van der Waals surface area contributed by atoms with Crippen LogP contribution in [-0.2, 0) is 22.6 Å². The molecule has 11 nitrogen and oxygen atoms in total. The van der Waals surface area contributed by atoms with Gasteiger partial charge >= 0.3 is 5.69 Å². The van der Waals surface area contributed by atoms with E-state index in [4.69, 9.17) is 9.47 Å². The maximum Gasteiger partial charge on any atom is 0.333 e. The van der Waals surface area contributed by atoms with Crippen LogP contribution in [0.1, 0.15) is 29.3 Å². The first-order valence-electron chi connectivity index (χ1n) is 13.1. The van der Waals surface area contributed by atoms with Crippen LogP contribution >= 0.6 is 21.6 Å². The number of para-hydroxylation sites is 1. The highest BCUT2D eigenvalue weighted by Crippen LogP contribution is 2.36. The van der Waals surface area contributed by atoms with Crippen molar-refractivity contribution in [1.29, 1.82) is 0 Å². The highest BCUT2D eigenvalue weighted by Gasteiger charge is 2.38. The van der Waals surface area contributed by atoms with Gasteiger partial charge in [0.1, 0.15) is 17.4 Å². The Bertz CT molecular complexity index is 1660. The van der Waals surface area contributed by atoms with E-state index in [0.717, 1.165) is 15.5 Å². The van der Waals surface area contributed by atoms with Gasteiger partial charge in [-0.15, -0.1) is 0 Å². The monoisotopic (exact) mass is 608 g/mol. The van der Waals surface area contributed by atoms with Crippen molar-refractivity contribution < 1.29 is 19.5 Å². The van der Waals surface area contributed by atoms with Gasteiger partial charge in [-0.3, -0.25) is 24.0 Å². The van der Waals surface area contributed by atoms with Gasteiger partial charge in [-0.2, -0.15) is 0 Å². The third kappa shape index (κ3) is 6.82. The predicted molar refractivity (Wildman–Crippen MR) is 158 cm³/mol. The summed E-state index contributed by atoms with van der Waals surface area (Å²) in [6.45, 7) is 1.28. The molecule has 0 bridgehead atoms. The summed E-state index contributed by atoms with van der Waals surface area (Å²) in [5.41, 5.74) is 0.527. The number of hydrogen-bond donors (Lipinski definition) is 1. The zero-order valence-corrected chi connectivity index (χ0v) is 24.2. The molecule has 1 aliphatic rings. The second kappa shape index (κ2) is 13.5. The van der Waals surface area contributed by atoms with Gasteiger partial charge in [-0.05, 0) is 53.6 Å². The third-order valence-electron chi connectivity index (χ3n) is 6.80. The van der Waals surface area contributed by atoms with Crippen LogP contribution in [0.4, 0.5) is 5.69 Å². The van der Waals surface area contributed by atoms with Crippen molar-refractivity contribution in [2.24, 2.45) is 0 Å². The van der Waals surface area contributed by atoms with Gasteiger partial charge in [0.2, 0.25) is 0 Å². The molecule has 42 heavy (non-hydrogen) atoms. The quantitative estimate of drug-likeness (QED) is 0.149. The number of aliphatic hydroxyl groups is 1. The molecule has 0 spiro atoms. The van der Waals surface area contributed by atoms with Crippen LogP contribution in [0.3, 0.4) is 0 Å². The van der Waals surface area contributed by atoms with Gasteiger partial charge in [0.25, 0.3) is 11.2 Å². The molecule has 2 aromatic carbocycles. The van der Waals surface area contributed by atoms with E-state index in [0.29, 0.717) is 11.1 Å². The normalized spacial score (nSPS) is 18.3. The van der Waals surface area contributed by atoms with E-state index in [-0.39, 0.29) is 31.9 Å². The number of pyridine rings is 1. The molecule has 0 saturated carbocycles. The molecule has 2 aromatic heterocycles. The number of benzene rings is 2. The van der Waals surface area contributed by atoms with E-state index >= 15 is 0 Å². The van der Waals surface area contributed by atoms with Gasteiger partial charge in [0.05, 0.1) is 36.3 Å². The summed E-state index contributed by atoms with van der Waals surface area (Å²) in [4.78, 5) is 42.7. The standard InChI is InChI=1S/C29H28N4O7S2/c1-19-15-31(27-14-24(25(17-34)40-27)39-18-21-6-2-3-7-23(21)33(37)38)29(36)32(28(19)35)16-20-9-11-22(12-10-20)41-42-26-8-4-5-13-30-26/h2-13,15,24-25,27,34H,14,16-18H2,1H3/t24?,25-,27-/m1/s1. The van der Waals surface area contributed by atoms with E-state index in [1.165, 1.54) is 32.2 Å². The molecular formula is C29H28N4O7S2. The van der Waals surface area contributed by atoms with Gasteiger partial charge in [0.15, 0.2) is 0 Å². The molecular weight excluding hydrogens is 580 g/mol. The number of nitrogens with zero attached hydrogens (tertiary/aromatic N) is 4. The first-order chi connectivity index (χ1) is 20.3. The predicted octanol–water partition coefficient (Wildman–Crippen LogP) is 4.33. The lowest BCUT2D eigenvalue weighted by Gasteiger charge is -2.17. The maximum atomic E-state index is 13.5. The van der Waals surface area contributed by atoms with Gasteiger partial charge in [0, 0.05) is 35.3 Å². The summed E-state index contributed by atoms with van der Waals surface area (Å²) in [7, 11) is 3.10. The van der Waals surface area contributed by atoms with Crippen LogP contribution in [-0.4, -0.2) is 43.0 Å². The Hall–Kier alpha value is -3.75. The highest BCUT2D eigenvalue weighted by atomic mass is 33.1. The average molecular weight is 609 g/mol. The molecule has 1 aliphatic heterocycles. The summed E-state index contributed by atoms with van der Waals surface area (Å²) in [6.07, 6.45) is 1.24. The number of aromatic nitrogens is 3. The summed E-state index contributed by atoms with van der Waals surface area (Å²) >= 11 is 0. The Morgan fingerprint density at radius 1 is 1.10 bits per heavy atom. The molecule has 3 atom stereocenters. The van der Waals surface area contributed by atoms with Crippen molar-refractivity contribution in [3.8, 4) is 0 Å². The van der Waals surface area contributed by atoms with Gasteiger partial charge < -0.3 is 14.6 Å². The Morgan fingerprint density at radius 2 is 1.86 bits per heavy atom. The summed E-state index contributed by atoms with van der Waals surface area (Å²) in [5.74, 6) is 0. The minimum atomic E-state index is -0.793. The Kier molecular flexibility index (Phi) is 9.55. The molecule has 5 rings (SSSR count). The van der Waals surface area contributed by atoms with Crippen LogP contribution in [0.2, 0.25) is 0 Å². The zero-order valence-electron chi connectivity index (χ0n) is 22.6. The zero-order chi connectivity index (χ0) is 29.6. The minimum absolute atomic E-state index is 0.0591. The number of rotatable bonds is 11. The molecule has 218 valence electrons. The molecule has 1 N–H and O–H groups in total. The van der Waals surface area contributed by atoms with E-state index in [1.807, 2.05) is 42.5 Å². The van der Waals surface area contributed by atoms with Crippen LogP contribution in [0.5, 0.6) is 0 Å². The number of hydrogen-bond acceptors (Lipinski definition) is 10. The lowest BCUT2D eigenvalue weighted by atomic mass is 10.1. The van der Waals surface area contributed by atoms with Crippen molar-refractivity contribution in [3.05, 3.63) is 127 Å². The van der Waals surface area contributed by atoms with Crippen molar-refractivity contribution in [1.82, 2.24) is 14.1 Å². The van der Waals surface area contributed by atoms with Crippen molar-refractivity contribution >= 4 is 27.3 Å². The highest BCUT2D eigenvalue weighted by molar-refractivity contribution is 8.76. The molecule has 13 heteroatoms. The smallest absolute Gasteiger partial charge is 0.333 e. The van der Waals surface area contributed by atoms with Gasteiger partial charge in [-0.1, -0.05) is 41.1 Å². The largest absolute Gasteiger partial charge is 0.394 e. The van der Waals surface area contributed by atoms with E-state index < -0.39 is 34.6 Å². The van der Waals surface area contributed by atoms with Gasteiger partial charge in [-0.25, -0.2) is 9.78 Å². The molecule has 1 saturated heterocycles. The molecule has 0 radical (unpaired) electrons. The summed E-state index contributed by atoms with van der Waals surface area (Å²) < 4.78 is 14.4. The fourth-order valence-electron chi connectivity index (χ4n) is 4.64. The van der Waals surface area contributed by atoms with Crippen LogP contribution in [0, 0.1) is 17.0 Å². The molecule has 4 aromatic rings. The average Bonchev–Trinajstić information content (AvgIpc) is 3.43. The fourth-order valence-corrected chi connectivity index (χ4v) is 6.48. The molecule has 0 amide bonds. The topological polar surface area (TPSA) is 139 Å². The minimum Gasteiger partial charge on any atom is -0.394 e. The fraction of sp³-hybridized carbons (Fsp3) is 0.276. The van der Waals surface area contributed by atoms with Crippen molar-refractivity contribution in [3.63, 3.8) is 0 Å². The maximum absolute atomic E-state index is 13.5. The lowest BCUT2D eigenvalue weighted by molar-refractivity contribution is -0.386. The Labute approximate surface area is 248 Å². The second-order valence-electron chi connectivity index (χ2n) is 9.65. The number of ether oxygens (including phenoxy) is 2. The molecule has 3 heterocycles. The first kappa shape index (κ1) is 29.7. The van der Waals surface area contributed by atoms with Crippen molar-refractivity contribution in [2.45, 2.75) is 54.9 Å². The second-order valence-corrected chi connectivity index (χ2v) is 11.9. The Morgan fingerprint density at radius 3 is 2.57 bits per heavy atom. The Balaban J connectivity index is 1.30. The summed E-state index contributed by atoms with van der Waals surface area (Å²) in [5, 5.41) is 22.2. The number of aliphatic hydroxyl groups excluding tert-OH is 1. The van der Waals surface area contributed by atoms with E-state index in [9.17, 15) is 24.8 Å². The third-order valence-corrected chi connectivity index (χ3v) is 9.10. The van der Waals surface area contributed by atoms with Crippen LogP contribution in [0.15, 0.2) is 98.6 Å². The first-order valence-corrected chi connectivity index (χ1v) is 15.3. The SMILES string of the molecule is Cc1cn([C@H]2CC(OCc3ccccc3[N+](=O)[O-])[C@@H](CO)O2)c(=O)n(Cc2ccc(SSc3ccccn3)cc2)c1=O. The number of aryl methyl sites for hydroxylation is 1. The number of nitro groups is 1.